The van der Waals surface area contributed by atoms with Crippen molar-refractivity contribution < 1.29 is 9.50 Å². The van der Waals surface area contributed by atoms with Crippen molar-refractivity contribution in [2.45, 2.75) is 58.9 Å². The first-order chi connectivity index (χ1) is 11.5. The van der Waals surface area contributed by atoms with Crippen molar-refractivity contribution in [2.24, 2.45) is 5.92 Å². The Morgan fingerprint density at radius 2 is 2.12 bits per heavy atom. The zero-order chi connectivity index (χ0) is 17.3. The van der Waals surface area contributed by atoms with Crippen LogP contribution in [0.4, 0.5) is 10.2 Å². The van der Waals surface area contributed by atoms with Crippen molar-refractivity contribution in [3.05, 3.63) is 12.0 Å². The highest BCUT2D eigenvalue weighted by molar-refractivity contribution is 5.90. The number of aromatic nitrogens is 4. The van der Waals surface area contributed by atoms with Gasteiger partial charge >= 0.3 is 0 Å². The number of aryl methyl sites for hydroxylation is 1. The van der Waals surface area contributed by atoms with Gasteiger partial charge in [-0.05, 0) is 18.8 Å². The second kappa shape index (κ2) is 7.01. The number of aliphatic hydroxyl groups is 1. The Bertz CT molecular complexity index is 692. The first-order valence-corrected chi connectivity index (χ1v) is 8.78. The van der Waals surface area contributed by atoms with Crippen LogP contribution in [0.2, 0.25) is 0 Å². The number of unbranched alkanes of at least 4 members (excludes halogenated alkanes) is 1. The smallest absolute Gasteiger partial charge is 0.163 e. The molecule has 1 N–H and O–H groups in total. The summed E-state index contributed by atoms with van der Waals surface area (Å²) in [5, 5.41) is 15.4. The average Bonchev–Trinajstić information content (AvgIpc) is 3.06. The molecule has 0 aliphatic carbocycles. The third-order valence-electron chi connectivity index (χ3n) is 4.43. The summed E-state index contributed by atoms with van der Waals surface area (Å²) in [6, 6.07) is 0. The van der Waals surface area contributed by atoms with E-state index in [1.807, 2.05) is 9.58 Å². The minimum atomic E-state index is -1.24. The number of halogens is 1. The fourth-order valence-electron chi connectivity index (χ4n) is 3.22. The van der Waals surface area contributed by atoms with Crippen molar-refractivity contribution >= 4 is 16.9 Å². The molecule has 7 heteroatoms. The van der Waals surface area contributed by atoms with Crippen molar-refractivity contribution in [3.8, 4) is 0 Å². The van der Waals surface area contributed by atoms with Gasteiger partial charge in [0.25, 0.3) is 0 Å². The number of hydrogen-bond donors (Lipinski definition) is 1. The van der Waals surface area contributed by atoms with Crippen LogP contribution in [0.25, 0.3) is 11.0 Å². The topological polar surface area (TPSA) is 67.1 Å². The Morgan fingerprint density at radius 1 is 1.33 bits per heavy atom. The van der Waals surface area contributed by atoms with E-state index in [-0.39, 0.29) is 13.1 Å². The van der Waals surface area contributed by atoms with E-state index in [0.717, 1.165) is 42.5 Å². The Morgan fingerprint density at radius 3 is 2.75 bits per heavy atom. The van der Waals surface area contributed by atoms with Crippen LogP contribution in [0, 0.1) is 5.92 Å². The maximum atomic E-state index is 13.8. The van der Waals surface area contributed by atoms with E-state index in [9.17, 15) is 9.50 Å². The second-order valence-corrected chi connectivity index (χ2v) is 7.01. The van der Waals surface area contributed by atoms with Gasteiger partial charge < -0.3 is 10.0 Å². The van der Waals surface area contributed by atoms with Crippen LogP contribution < -0.4 is 4.90 Å². The van der Waals surface area contributed by atoms with Crippen LogP contribution in [0.1, 0.15) is 39.3 Å². The van der Waals surface area contributed by atoms with Gasteiger partial charge in [0, 0.05) is 13.1 Å². The summed E-state index contributed by atoms with van der Waals surface area (Å²) in [6.45, 7) is 7.68. The minimum absolute atomic E-state index is 0.161. The molecular formula is C17H26FN5O. The fraction of sp³-hybridized carbons (Fsp3) is 0.706. The lowest BCUT2D eigenvalue weighted by Gasteiger charge is -2.17. The highest BCUT2D eigenvalue weighted by Gasteiger charge is 2.33. The predicted molar refractivity (Wildman–Crippen MR) is 91.9 cm³/mol. The van der Waals surface area contributed by atoms with Gasteiger partial charge in [0.1, 0.15) is 24.4 Å². The van der Waals surface area contributed by atoms with Gasteiger partial charge in [-0.1, -0.05) is 27.2 Å². The molecular weight excluding hydrogens is 309 g/mol. The Labute approximate surface area is 141 Å². The molecule has 1 fully saturated rings. The summed E-state index contributed by atoms with van der Waals surface area (Å²) >= 11 is 0. The standard InChI is InChI=1S/C17H26FN5O/c1-4-5-6-23-17-15(13(21-23)7-11(2)3)16(19-10-20-17)22-8-12(18)14(24)9-22/h10-12,14,24H,4-9H2,1-3H3/t12-,14-/m1/s1. The molecule has 0 bridgehead atoms. The number of aliphatic hydroxyl groups excluding tert-OH is 1. The first kappa shape index (κ1) is 17.1. The van der Waals surface area contributed by atoms with Gasteiger partial charge in [-0.2, -0.15) is 5.10 Å². The number of nitrogens with zero attached hydrogens (tertiary/aromatic N) is 5. The largest absolute Gasteiger partial charge is 0.388 e. The van der Waals surface area contributed by atoms with Gasteiger partial charge in [-0.3, -0.25) is 0 Å². The second-order valence-electron chi connectivity index (χ2n) is 7.01. The fourth-order valence-corrected chi connectivity index (χ4v) is 3.22. The number of alkyl halides is 1. The lowest BCUT2D eigenvalue weighted by molar-refractivity contribution is 0.118. The van der Waals surface area contributed by atoms with Crippen LogP contribution in [-0.2, 0) is 13.0 Å². The van der Waals surface area contributed by atoms with E-state index < -0.39 is 12.3 Å². The maximum Gasteiger partial charge on any atom is 0.163 e. The molecule has 2 aromatic heterocycles. The summed E-state index contributed by atoms with van der Waals surface area (Å²) in [5.41, 5.74) is 1.77. The SMILES string of the molecule is CCCCn1nc(CC(C)C)c2c(N3C[C@@H](O)[C@H](F)C3)ncnc21. The summed E-state index contributed by atoms with van der Waals surface area (Å²) < 4.78 is 15.7. The summed E-state index contributed by atoms with van der Waals surface area (Å²) in [7, 11) is 0. The highest BCUT2D eigenvalue weighted by atomic mass is 19.1. The lowest BCUT2D eigenvalue weighted by Crippen LogP contribution is -2.22. The third kappa shape index (κ3) is 3.22. The number of anilines is 1. The van der Waals surface area contributed by atoms with Crippen molar-refractivity contribution in [1.82, 2.24) is 19.7 Å². The Balaban J connectivity index is 2.07. The van der Waals surface area contributed by atoms with E-state index in [1.165, 1.54) is 6.33 Å². The molecule has 1 aliphatic heterocycles. The van der Waals surface area contributed by atoms with Crippen molar-refractivity contribution in [3.63, 3.8) is 0 Å². The quantitative estimate of drug-likeness (QED) is 0.878. The molecule has 0 spiro atoms. The maximum absolute atomic E-state index is 13.8. The van der Waals surface area contributed by atoms with E-state index in [2.05, 4.69) is 30.7 Å². The third-order valence-corrected chi connectivity index (χ3v) is 4.43. The molecule has 0 unspecified atom stereocenters. The zero-order valence-corrected chi connectivity index (χ0v) is 14.6. The normalized spacial score (nSPS) is 21.3. The molecule has 1 saturated heterocycles. The van der Waals surface area contributed by atoms with Crippen LogP contribution in [0.5, 0.6) is 0 Å². The molecule has 24 heavy (non-hydrogen) atoms. The lowest BCUT2D eigenvalue weighted by atomic mass is 10.1. The Kier molecular flexibility index (Phi) is 4.99. The van der Waals surface area contributed by atoms with Crippen molar-refractivity contribution in [2.75, 3.05) is 18.0 Å². The number of hydrogen-bond acceptors (Lipinski definition) is 5. The molecule has 1 aliphatic rings. The average molecular weight is 335 g/mol. The summed E-state index contributed by atoms with van der Waals surface area (Å²) in [6.07, 6.45) is 2.26. The summed E-state index contributed by atoms with van der Waals surface area (Å²) in [5.74, 6) is 1.14. The van der Waals surface area contributed by atoms with Gasteiger partial charge in [-0.15, -0.1) is 0 Å². The van der Waals surface area contributed by atoms with Crippen LogP contribution >= 0.6 is 0 Å². The van der Waals surface area contributed by atoms with Gasteiger partial charge in [0.15, 0.2) is 5.65 Å². The van der Waals surface area contributed by atoms with Gasteiger partial charge in [0.2, 0.25) is 0 Å². The van der Waals surface area contributed by atoms with Crippen LogP contribution in [0.15, 0.2) is 6.33 Å². The predicted octanol–water partition coefficient (Wildman–Crippen LogP) is 2.34. The molecule has 0 amide bonds. The van der Waals surface area contributed by atoms with Gasteiger partial charge in [0.05, 0.1) is 17.6 Å². The van der Waals surface area contributed by atoms with E-state index in [1.54, 1.807) is 0 Å². The number of rotatable bonds is 6. The molecule has 132 valence electrons. The van der Waals surface area contributed by atoms with Crippen LogP contribution in [0.3, 0.4) is 0 Å². The molecule has 2 aromatic rings. The molecule has 0 radical (unpaired) electrons. The van der Waals surface area contributed by atoms with E-state index in [4.69, 9.17) is 5.10 Å². The molecule has 3 rings (SSSR count). The van der Waals surface area contributed by atoms with Gasteiger partial charge in [-0.25, -0.2) is 19.0 Å². The minimum Gasteiger partial charge on any atom is -0.388 e. The summed E-state index contributed by atoms with van der Waals surface area (Å²) in [4.78, 5) is 10.7. The number of fused-ring (bicyclic) bond motifs is 1. The monoisotopic (exact) mass is 335 g/mol. The zero-order valence-electron chi connectivity index (χ0n) is 14.6. The first-order valence-electron chi connectivity index (χ1n) is 8.78. The molecule has 6 nitrogen and oxygen atoms in total. The molecule has 0 aromatic carbocycles. The molecule has 3 heterocycles. The molecule has 2 atom stereocenters. The van der Waals surface area contributed by atoms with Crippen molar-refractivity contribution in [1.29, 1.82) is 0 Å². The van der Waals surface area contributed by atoms with Crippen LogP contribution in [-0.4, -0.2) is 50.2 Å². The number of β-amino-alcohol motifs (C(OH)–C–C–N with tert-alkyl or cyclic N) is 1. The Hall–Kier alpha value is -1.76. The van der Waals surface area contributed by atoms with E-state index >= 15 is 0 Å². The highest BCUT2D eigenvalue weighted by Crippen LogP contribution is 2.31. The molecule has 0 saturated carbocycles. The van der Waals surface area contributed by atoms with E-state index in [0.29, 0.717) is 11.7 Å².